The predicted molar refractivity (Wildman–Crippen MR) is 107 cm³/mol. The predicted octanol–water partition coefficient (Wildman–Crippen LogP) is 4.37. The highest BCUT2D eigenvalue weighted by Crippen LogP contribution is 2.23. The lowest BCUT2D eigenvalue weighted by atomic mass is 10.0. The van der Waals surface area contributed by atoms with Crippen LogP contribution >= 0.6 is 11.6 Å². The average molecular weight is 400 g/mol. The highest BCUT2D eigenvalue weighted by Gasteiger charge is 2.16. The van der Waals surface area contributed by atoms with Gasteiger partial charge in [0, 0.05) is 16.8 Å². The van der Waals surface area contributed by atoms with Gasteiger partial charge in [0.15, 0.2) is 12.0 Å². The number of rotatable bonds is 5. The van der Waals surface area contributed by atoms with Crippen LogP contribution in [0.15, 0.2) is 57.7 Å². The zero-order valence-corrected chi connectivity index (χ0v) is 16.1. The molecular formula is C21H18ClNO5. The molecule has 0 unspecified atom stereocenters. The molecular weight excluding hydrogens is 382 g/mol. The van der Waals surface area contributed by atoms with Gasteiger partial charge in [-0.1, -0.05) is 43.6 Å². The fourth-order valence-corrected chi connectivity index (χ4v) is 2.90. The molecule has 0 saturated carbocycles. The van der Waals surface area contributed by atoms with E-state index in [9.17, 15) is 14.4 Å². The second kappa shape index (κ2) is 8.27. The van der Waals surface area contributed by atoms with Crippen LogP contribution in [0.1, 0.15) is 35.9 Å². The molecule has 0 aliphatic heterocycles. The van der Waals surface area contributed by atoms with Gasteiger partial charge in [0.25, 0.3) is 5.91 Å². The third-order valence-electron chi connectivity index (χ3n) is 4.08. The van der Waals surface area contributed by atoms with Crippen LogP contribution in [-0.2, 0) is 9.53 Å². The molecule has 3 aromatic rings. The smallest absolute Gasteiger partial charge is 0.374 e. The lowest BCUT2D eigenvalue weighted by molar-refractivity contribution is -0.119. The summed E-state index contributed by atoms with van der Waals surface area (Å²) in [7, 11) is 0. The van der Waals surface area contributed by atoms with Crippen LogP contribution in [0.3, 0.4) is 0 Å². The number of benzene rings is 2. The van der Waals surface area contributed by atoms with Crippen molar-refractivity contribution in [3.8, 4) is 0 Å². The number of para-hydroxylation sites is 1. The third-order valence-corrected chi connectivity index (χ3v) is 4.32. The van der Waals surface area contributed by atoms with Crippen molar-refractivity contribution in [2.45, 2.75) is 19.8 Å². The number of hydrogen-bond acceptors (Lipinski definition) is 5. The summed E-state index contributed by atoms with van der Waals surface area (Å²) < 4.78 is 10.4. The highest BCUT2D eigenvalue weighted by molar-refractivity contribution is 6.31. The summed E-state index contributed by atoms with van der Waals surface area (Å²) in [5, 5.41) is 3.36. The molecule has 0 aliphatic carbocycles. The summed E-state index contributed by atoms with van der Waals surface area (Å²) in [6.45, 7) is 3.52. The highest BCUT2D eigenvalue weighted by atomic mass is 35.5. The van der Waals surface area contributed by atoms with Crippen molar-refractivity contribution >= 4 is 40.1 Å². The van der Waals surface area contributed by atoms with Crippen molar-refractivity contribution in [3.63, 3.8) is 0 Å². The minimum atomic E-state index is -0.902. The maximum atomic E-state index is 12.2. The molecule has 6 nitrogen and oxygen atoms in total. The van der Waals surface area contributed by atoms with Gasteiger partial charge in [-0.05, 0) is 35.7 Å². The first-order chi connectivity index (χ1) is 13.3. The van der Waals surface area contributed by atoms with Crippen LogP contribution in [0.2, 0.25) is 5.02 Å². The third kappa shape index (κ3) is 4.40. The Bertz CT molecular complexity index is 1100. The molecule has 0 aliphatic rings. The maximum Gasteiger partial charge on any atom is 0.374 e. The van der Waals surface area contributed by atoms with Gasteiger partial charge in [-0.2, -0.15) is 0 Å². The molecule has 144 valence electrons. The van der Waals surface area contributed by atoms with E-state index in [0.717, 1.165) is 11.6 Å². The van der Waals surface area contributed by atoms with Crippen LogP contribution in [0.25, 0.3) is 11.0 Å². The fraction of sp³-hybridized carbons (Fsp3) is 0.190. The van der Waals surface area contributed by atoms with Gasteiger partial charge in [-0.15, -0.1) is 0 Å². The average Bonchev–Trinajstić information content (AvgIpc) is 2.66. The van der Waals surface area contributed by atoms with E-state index >= 15 is 0 Å². The van der Waals surface area contributed by atoms with E-state index < -0.39 is 23.9 Å². The normalized spacial score (nSPS) is 10.9. The zero-order chi connectivity index (χ0) is 20.3. The first kappa shape index (κ1) is 19.6. The van der Waals surface area contributed by atoms with Crippen molar-refractivity contribution in [1.29, 1.82) is 0 Å². The number of hydrogen-bond donors (Lipinski definition) is 1. The van der Waals surface area contributed by atoms with E-state index in [4.69, 9.17) is 20.8 Å². The molecule has 0 bridgehead atoms. The number of ether oxygens (including phenoxy) is 1. The van der Waals surface area contributed by atoms with Crippen LogP contribution in [0.5, 0.6) is 0 Å². The lowest BCUT2D eigenvalue weighted by Gasteiger charge is -2.13. The second-order valence-corrected chi connectivity index (χ2v) is 6.92. The van der Waals surface area contributed by atoms with Crippen LogP contribution in [-0.4, -0.2) is 18.5 Å². The number of carbonyl (C=O) groups is 2. The second-order valence-electron chi connectivity index (χ2n) is 6.48. The van der Waals surface area contributed by atoms with Gasteiger partial charge in [0.2, 0.25) is 5.76 Å². The first-order valence-corrected chi connectivity index (χ1v) is 9.02. The van der Waals surface area contributed by atoms with Crippen molar-refractivity contribution in [3.05, 3.63) is 75.1 Å². The van der Waals surface area contributed by atoms with E-state index in [0.29, 0.717) is 10.7 Å². The summed E-state index contributed by atoms with van der Waals surface area (Å²) in [4.78, 5) is 36.5. The van der Waals surface area contributed by atoms with Crippen molar-refractivity contribution < 1.29 is 18.7 Å². The van der Waals surface area contributed by atoms with Gasteiger partial charge in [0.05, 0.1) is 5.39 Å². The molecule has 28 heavy (non-hydrogen) atoms. The van der Waals surface area contributed by atoms with Crippen molar-refractivity contribution in [1.82, 2.24) is 0 Å². The number of halogens is 1. The van der Waals surface area contributed by atoms with Gasteiger partial charge < -0.3 is 14.5 Å². The number of fused-ring (bicyclic) bond motifs is 1. The molecule has 1 N–H and O–H groups in total. The summed E-state index contributed by atoms with van der Waals surface area (Å²) in [5.41, 5.74) is 1.42. The van der Waals surface area contributed by atoms with Crippen LogP contribution in [0, 0.1) is 0 Å². The van der Waals surface area contributed by atoms with Gasteiger partial charge in [0.1, 0.15) is 5.58 Å². The topological polar surface area (TPSA) is 85.6 Å². The molecule has 3 rings (SSSR count). The molecule has 1 aromatic heterocycles. The fourth-order valence-electron chi connectivity index (χ4n) is 2.73. The van der Waals surface area contributed by atoms with Crippen LogP contribution < -0.4 is 10.7 Å². The van der Waals surface area contributed by atoms with E-state index in [-0.39, 0.29) is 22.6 Å². The van der Waals surface area contributed by atoms with E-state index in [1.807, 2.05) is 32.0 Å². The van der Waals surface area contributed by atoms with Crippen molar-refractivity contribution in [2.75, 3.05) is 11.9 Å². The Morgan fingerprint density at radius 3 is 2.64 bits per heavy atom. The molecule has 0 atom stereocenters. The molecule has 2 aromatic carbocycles. The SMILES string of the molecule is CC(C)c1ccccc1NC(=O)COC(=O)c1cc(=O)c2cc(Cl)ccc2o1. The van der Waals surface area contributed by atoms with Crippen molar-refractivity contribution in [2.24, 2.45) is 0 Å². The molecule has 0 saturated heterocycles. The largest absolute Gasteiger partial charge is 0.450 e. The standard InChI is InChI=1S/C21H18ClNO5/c1-12(2)14-5-3-4-6-16(14)23-20(25)11-27-21(26)19-10-17(24)15-9-13(22)7-8-18(15)28-19/h3-10,12H,11H2,1-2H3,(H,23,25). The van der Waals surface area contributed by atoms with E-state index in [2.05, 4.69) is 5.32 Å². The minimum Gasteiger partial charge on any atom is -0.450 e. The first-order valence-electron chi connectivity index (χ1n) is 8.64. The summed E-state index contributed by atoms with van der Waals surface area (Å²) >= 11 is 5.86. The quantitative estimate of drug-likeness (QED) is 0.644. The van der Waals surface area contributed by atoms with E-state index in [1.165, 1.54) is 12.1 Å². The monoisotopic (exact) mass is 399 g/mol. The number of nitrogens with one attached hydrogen (secondary N) is 1. The van der Waals surface area contributed by atoms with Crippen LogP contribution in [0.4, 0.5) is 5.69 Å². The lowest BCUT2D eigenvalue weighted by Crippen LogP contribution is -2.22. The Labute approximate surface area is 166 Å². The number of carbonyl (C=O) groups excluding carboxylic acids is 2. The van der Waals surface area contributed by atoms with Gasteiger partial charge >= 0.3 is 5.97 Å². The number of anilines is 1. The molecule has 0 radical (unpaired) electrons. The summed E-state index contributed by atoms with van der Waals surface area (Å²) in [6, 6.07) is 12.9. The zero-order valence-electron chi connectivity index (χ0n) is 15.3. The summed E-state index contributed by atoms with van der Waals surface area (Å²) in [5.74, 6) is -1.45. The Morgan fingerprint density at radius 1 is 1.14 bits per heavy atom. The minimum absolute atomic E-state index is 0.208. The summed E-state index contributed by atoms with van der Waals surface area (Å²) in [6.07, 6.45) is 0. The molecule has 0 spiro atoms. The van der Waals surface area contributed by atoms with Gasteiger partial charge in [-0.3, -0.25) is 9.59 Å². The Balaban J connectivity index is 1.69. The molecule has 0 fully saturated rings. The Kier molecular flexibility index (Phi) is 5.80. The Hall–Kier alpha value is -3.12. The molecule has 1 heterocycles. The maximum absolute atomic E-state index is 12.2. The molecule has 7 heteroatoms. The van der Waals surface area contributed by atoms with Gasteiger partial charge in [-0.25, -0.2) is 4.79 Å². The molecule has 1 amide bonds. The van der Waals surface area contributed by atoms with E-state index in [1.54, 1.807) is 12.1 Å². The number of amides is 1. The number of esters is 1. The Morgan fingerprint density at radius 2 is 1.89 bits per heavy atom.